The number of halogens is 2. The van der Waals surface area contributed by atoms with E-state index in [4.69, 9.17) is 23.2 Å². The molecule has 0 atom stereocenters. The Hall–Kier alpha value is -3.09. The molecule has 1 aromatic heterocycles. The van der Waals surface area contributed by atoms with E-state index >= 15 is 0 Å². The van der Waals surface area contributed by atoms with Gasteiger partial charge in [-0.1, -0.05) is 35.9 Å². The van der Waals surface area contributed by atoms with Crippen molar-refractivity contribution in [1.82, 2.24) is 14.5 Å². The van der Waals surface area contributed by atoms with Crippen molar-refractivity contribution >= 4 is 50.9 Å². The SMILES string of the molecule is O=C(CCl)N1CC(Cn2c(=O)cnc3cc(-c4cc(O)cc5ccccc45)c(Cl)cc32)C1. The molecule has 1 fully saturated rings. The quantitative estimate of drug-likeness (QED) is 0.454. The molecular formula is C24H19Cl2N3O3. The molecule has 0 radical (unpaired) electrons. The number of amides is 1. The van der Waals surface area contributed by atoms with Gasteiger partial charge in [0, 0.05) is 31.1 Å². The normalized spacial score (nSPS) is 14.1. The minimum atomic E-state index is -0.216. The van der Waals surface area contributed by atoms with Gasteiger partial charge in [0.15, 0.2) is 0 Å². The maximum Gasteiger partial charge on any atom is 0.269 e. The van der Waals surface area contributed by atoms with Gasteiger partial charge in [0.1, 0.15) is 11.6 Å². The van der Waals surface area contributed by atoms with Gasteiger partial charge >= 0.3 is 0 Å². The number of carbonyl (C=O) groups is 1. The highest BCUT2D eigenvalue weighted by Crippen LogP contribution is 2.38. The summed E-state index contributed by atoms with van der Waals surface area (Å²) in [5.41, 5.74) is 2.57. The van der Waals surface area contributed by atoms with Gasteiger partial charge < -0.3 is 14.6 Å². The molecule has 1 aliphatic rings. The van der Waals surface area contributed by atoms with Crippen LogP contribution in [0.2, 0.25) is 5.02 Å². The number of benzene rings is 3. The number of alkyl halides is 1. The summed E-state index contributed by atoms with van der Waals surface area (Å²) >= 11 is 12.3. The van der Waals surface area contributed by atoms with Crippen LogP contribution in [0.4, 0.5) is 0 Å². The Morgan fingerprint density at radius 3 is 2.69 bits per heavy atom. The number of rotatable bonds is 4. The summed E-state index contributed by atoms with van der Waals surface area (Å²) in [6.45, 7) is 1.61. The van der Waals surface area contributed by atoms with E-state index in [1.807, 2.05) is 30.3 Å². The number of fused-ring (bicyclic) bond motifs is 2. The maximum absolute atomic E-state index is 12.6. The van der Waals surface area contributed by atoms with Crippen LogP contribution in [-0.2, 0) is 11.3 Å². The van der Waals surface area contributed by atoms with Crippen LogP contribution >= 0.6 is 23.2 Å². The minimum absolute atomic E-state index is 0.0348. The Bertz CT molecular complexity index is 1430. The number of hydrogen-bond acceptors (Lipinski definition) is 4. The molecule has 4 aromatic rings. The summed E-state index contributed by atoms with van der Waals surface area (Å²) in [4.78, 5) is 30.3. The van der Waals surface area contributed by atoms with Crippen LogP contribution in [0.1, 0.15) is 0 Å². The number of phenolic OH excluding ortho intramolecular Hbond substituents is 1. The van der Waals surface area contributed by atoms with Crippen molar-refractivity contribution in [2.75, 3.05) is 19.0 Å². The van der Waals surface area contributed by atoms with Crippen molar-refractivity contribution < 1.29 is 9.90 Å². The van der Waals surface area contributed by atoms with E-state index in [1.165, 1.54) is 6.20 Å². The number of aromatic hydroxyl groups is 1. The van der Waals surface area contributed by atoms with Crippen LogP contribution in [0.15, 0.2) is 59.5 Å². The number of aromatic nitrogens is 2. The molecule has 3 aromatic carbocycles. The predicted molar refractivity (Wildman–Crippen MR) is 126 cm³/mol. The van der Waals surface area contributed by atoms with Crippen molar-refractivity contribution in [2.24, 2.45) is 5.92 Å². The molecule has 1 aliphatic heterocycles. The van der Waals surface area contributed by atoms with Crippen molar-refractivity contribution in [1.29, 1.82) is 0 Å². The second-order valence-electron chi connectivity index (χ2n) is 8.04. The number of phenols is 1. The van der Waals surface area contributed by atoms with Crippen LogP contribution in [0.3, 0.4) is 0 Å². The van der Waals surface area contributed by atoms with Crippen LogP contribution in [0.25, 0.3) is 32.9 Å². The summed E-state index contributed by atoms with van der Waals surface area (Å²) in [5.74, 6) is 0.182. The molecule has 0 bridgehead atoms. The first-order chi connectivity index (χ1) is 15.4. The van der Waals surface area contributed by atoms with E-state index < -0.39 is 0 Å². The molecular weight excluding hydrogens is 449 g/mol. The highest BCUT2D eigenvalue weighted by atomic mass is 35.5. The summed E-state index contributed by atoms with van der Waals surface area (Å²) in [7, 11) is 0. The van der Waals surface area contributed by atoms with Gasteiger partial charge in [-0.25, -0.2) is 4.98 Å². The molecule has 8 heteroatoms. The number of likely N-dealkylation sites (tertiary alicyclic amines) is 1. The van der Waals surface area contributed by atoms with Crippen LogP contribution in [-0.4, -0.2) is 44.4 Å². The van der Waals surface area contributed by atoms with Crippen molar-refractivity contribution in [3.8, 4) is 16.9 Å². The largest absolute Gasteiger partial charge is 0.508 e. The fourth-order valence-corrected chi connectivity index (χ4v) is 4.76. The zero-order chi connectivity index (χ0) is 22.4. The highest BCUT2D eigenvalue weighted by molar-refractivity contribution is 6.34. The van der Waals surface area contributed by atoms with E-state index in [-0.39, 0.29) is 29.0 Å². The van der Waals surface area contributed by atoms with Gasteiger partial charge in [-0.05, 0) is 40.6 Å². The van der Waals surface area contributed by atoms with E-state index in [2.05, 4.69) is 4.98 Å². The van der Waals surface area contributed by atoms with Crippen molar-refractivity contribution in [3.05, 3.63) is 70.1 Å². The third-order valence-corrected chi connectivity index (χ3v) is 6.48. The molecule has 32 heavy (non-hydrogen) atoms. The molecule has 1 N–H and O–H groups in total. The second kappa shape index (κ2) is 8.11. The van der Waals surface area contributed by atoms with E-state index in [0.29, 0.717) is 35.7 Å². The molecule has 0 aliphatic carbocycles. The number of nitrogens with zero attached hydrogens (tertiary/aromatic N) is 3. The second-order valence-corrected chi connectivity index (χ2v) is 8.72. The molecule has 0 saturated carbocycles. The van der Waals surface area contributed by atoms with Gasteiger partial charge in [0.25, 0.3) is 5.56 Å². The van der Waals surface area contributed by atoms with Crippen LogP contribution < -0.4 is 5.56 Å². The highest BCUT2D eigenvalue weighted by Gasteiger charge is 2.30. The van der Waals surface area contributed by atoms with E-state index in [1.54, 1.807) is 27.7 Å². The van der Waals surface area contributed by atoms with Crippen LogP contribution in [0.5, 0.6) is 5.75 Å². The zero-order valence-corrected chi connectivity index (χ0v) is 18.5. The predicted octanol–water partition coefficient (Wildman–Crippen LogP) is 4.27. The monoisotopic (exact) mass is 467 g/mol. The van der Waals surface area contributed by atoms with Crippen molar-refractivity contribution in [3.63, 3.8) is 0 Å². The third-order valence-electron chi connectivity index (χ3n) is 5.94. The first kappa shape index (κ1) is 20.8. The minimum Gasteiger partial charge on any atom is -0.508 e. The molecule has 5 rings (SSSR count). The van der Waals surface area contributed by atoms with Gasteiger partial charge in [-0.2, -0.15) is 0 Å². The average Bonchev–Trinajstić information content (AvgIpc) is 2.76. The Balaban J connectivity index is 1.57. The molecule has 1 saturated heterocycles. The van der Waals surface area contributed by atoms with Gasteiger partial charge in [0.05, 0.1) is 22.3 Å². The lowest BCUT2D eigenvalue weighted by Gasteiger charge is -2.39. The summed E-state index contributed by atoms with van der Waals surface area (Å²) in [6.07, 6.45) is 1.31. The number of hydrogen-bond donors (Lipinski definition) is 1. The fourth-order valence-electron chi connectivity index (χ4n) is 4.33. The molecule has 162 valence electrons. The molecule has 6 nitrogen and oxygen atoms in total. The molecule has 0 spiro atoms. The summed E-state index contributed by atoms with van der Waals surface area (Å²) < 4.78 is 1.66. The van der Waals surface area contributed by atoms with Gasteiger partial charge in [-0.15, -0.1) is 11.6 Å². The lowest BCUT2D eigenvalue weighted by atomic mass is 9.97. The fraction of sp³-hybridized carbons (Fsp3) is 0.208. The lowest BCUT2D eigenvalue weighted by molar-refractivity contribution is -0.134. The first-order valence-corrected chi connectivity index (χ1v) is 11.1. The first-order valence-electron chi connectivity index (χ1n) is 10.2. The third kappa shape index (κ3) is 3.59. The van der Waals surface area contributed by atoms with Crippen molar-refractivity contribution in [2.45, 2.75) is 6.54 Å². The molecule has 2 heterocycles. The van der Waals surface area contributed by atoms with Gasteiger partial charge in [-0.3, -0.25) is 9.59 Å². The maximum atomic E-state index is 12.6. The zero-order valence-electron chi connectivity index (χ0n) is 17.0. The standard InChI is InChI=1S/C24H19Cl2N3O3/c25-9-23(31)28-11-14(12-28)13-29-22-8-20(26)19(7-21(22)27-10-24(29)32)18-6-16(30)5-15-3-1-2-4-17(15)18/h1-8,10,14,30H,9,11-13H2. The topological polar surface area (TPSA) is 75.4 Å². The Labute approximate surface area is 193 Å². The number of carbonyl (C=O) groups excluding carboxylic acids is 1. The smallest absolute Gasteiger partial charge is 0.269 e. The van der Waals surface area contributed by atoms with Gasteiger partial charge in [0.2, 0.25) is 5.91 Å². The Kier molecular flexibility index (Phi) is 5.27. The Morgan fingerprint density at radius 2 is 1.91 bits per heavy atom. The molecule has 0 unspecified atom stereocenters. The summed E-state index contributed by atoms with van der Waals surface area (Å²) in [5, 5.41) is 12.5. The average molecular weight is 468 g/mol. The molecule has 1 amide bonds. The lowest BCUT2D eigenvalue weighted by Crippen LogP contribution is -2.52. The van der Waals surface area contributed by atoms with E-state index in [9.17, 15) is 14.7 Å². The van der Waals surface area contributed by atoms with E-state index in [0.717, 1.165) is 21.9 Å². The Morgan fingerprint density at radius 1 is 1.12 bits per heavy atom. The summed E-state index contributed by atoms with van der Waals surface area (Å²) in [6, 6.07) is 14.7. The van der Waals surface area contributed by atoms with Crippen LogP contribution in [0, 0.1) is 5.92 Å².